The van der Waals surface area contributed by atoms with Gasteiger partial charge in [-0.1, -0.05) is 50.0 Å². The van der Waals surface area contributed by atoms with Gasteiger partial charge in [0.05, 0.1) is 17.6 Å². The van der Waals surface area contributed by atoms with Crippen molar-refractivity contribution in [2.75, 3.05) is 7.11 Å². The molecule has 3 N–H and O–H groups in total. The van der Waals surface area contributed by atoms with Crippen molar-refractivity contribution in [2.24, 2.45) is 17.8 Å². The van der Waals surface area contributed by atoms with Crippen molar-refractivity contribution in [1.29, 1.82) is 0 Å². The summed E-state index contributed by atoms with van der Waals surface area (Å²) in [6.07, 6.45) is 10.5. The van der Waals surface area contributed by atoms with Gasteiger partial charge in [-0.15, -0.1) is 0 Å². The fourth-order valence-corrected chi connectivity index (χ4v) is 5.45. The predicted octanol–water partition coefficient (Wildman–Crippen LogP) is 3.29. The molecular formula is C23H34O5. The van der Waals surface area contributed by atoms with E-state index in [2.05, 4.69) is 11.8 Å². The van der Waals surface area contributed by atoms with Gasteiger partial charge in [0, 0.05) is 19.4 Å². The maximum absolute atomic E-state index is 10.8. The van der Waals surface area contributed by atoms with Crippen LogP contribution in [0.2, 0.25) is 0 Å². The second-order valence-electron chi connectivity index (χ2n) is 8.74. The van der Waals surface area contributed by atoms with E-state index in [-0.39, 0.29) is 18.3 Å². The minimum absolute atomic E-state index is 0.103. The molecule has 0 unspecified atom stereocenters. The van der Waals surface area contributed by atoms with E-state index in [1.54, 1.807) is 7.11 Å². The highest BCUT2D eigenvalue weighted by atomic mass is 16.5. The lowest BCUT2D eigenvalue weighted by Crippen LogP contribution is -2.59. The average Bonchev–Trinajstić information content (AvgIpc) is 2.66. The number of rotatable bonds is 6. The first kappa shape index (κ1) is 21.4. The number of aliphatic carboxylic acids is 1. The summed E-state index contributed by atoms with van der Waals surface area (Å²) in [5.41, 5.74) is 0.716. The van der Waals surface area contributed by atoms with Crippen LogP contribution in [-0.2, 0) is 9.53 Å². The van der Waals surface area contributed by atoms with Gasteiger partial charge >= 0.3 is 5.97 Å². The molecule has 3 rings (SSSR count). The summed E-state index contributed by atoms with van der Waals surface area (Å²) >= 11 is 0. The number of hydrogen-bond donors (Lipinski definition) is 3. The Hall–Kier alpha value is -1.35. The Morgan fingerprint density at radius 1 is 1.32 bits per heavy atom. The lowest BCUT2D eigenvalue weighted by Gasteiger charge is -2.57. The van der Waals surface area contributed by atoms with Gasteiger partial charge < -0.3 is 20.1 Å². The van der Waals surface area contributed by atoms with E-state index in [0.29, 0.717) is 18.8 Å². The minimum atomic E-state index is -0.797. The quantitative estimate of drug-likeness (QED) is 0.479. The molecule has 0 amide bonds. The summed E-state index contributed by atoms with van der Waals surface area (Å²) < 4.78 is 5.90. The molecule has 5 atom stereocenters. The van der Waals surface area contributed by atoms with Gasteiger partial charge in [0.1, 0.15) is 6.10 Å². The van der Waals surface area contributed by atoms with Gasteiger partial charge in [0.2, 0.25) is 0 Å². The van der Waals surface area contributed by atoms with E-state index in [0.717, 1.165) is 24.8 Å². The van der Waals surface area contributed by atoms with Crippen LogP contribution in [0, 0.1) is 29.6 Å². The maximum Gasteiger partial charge on any atom is 0.303 e. The van der Waals surface area contributed by atoms with E-state index < -0.39 is 23.8 Å². The molecule has 3 fully saturated rings. The third-order valence-corrected chi connectivity index (χ3v) is 7.05. The molecule has 3 aliphatic rings. The molecule has 5 nitrogen and oxygen atoms in total. The van der Waals surface area contributed by atoms with Crippen molar-refractivity contribution in [3.8, 4) is 11.8 Å². The van der Waals surface area contributed by atoms with Crippen LogP contribution in [0.4, 0.5) is 0 Å². The summed E-state index contributed by atoms with van der Waals surface area (Å²) in [6, 6.07) is 0. The zero-order valence-corrected chi connectivity index (χ0v) is 16.9. The van der Waals surface area contributed by atoms with Crippen molar-refractivity contribution in [1.82, 2.24) is 0 Å². The van der Waals surface area contributed by atoms with Gasteiger partial charge in [0.25, 0.3) is 0 Å². The lowest BCUT2D eigenvalue weighted by molar-refractivity contribution is -0.139. The fourth-order valence-electron chi connectivity index (χ4n) is 5.45. The van der Waals surface area contributed by atoms with E-state index in [9.17, 15) is 15.0 Å². The number of hydrogen-bond acceptors (Lipinski definition) is 4. The van der Waals surface area contributed by atoms with Crippen LogP contribution in [0.3, 0.4) is 0 Å². The van der Waals surface area contributed by atoms with Crippen LogP contribution in [0.5, 0.6) is 0 Å². The molecule has 0 aromatic carbocycles. The number of carboxylic acid groups (broad SMARTS) is 1. The smallest absolute Gasteiger partial charge is 0.303 e. The normalized spacial score (nSPS) is 35.4. The Kier molecular flexibility index (Phi) is 7.20. The molecule has 0 spiro atoms. The van der Waals surface area contributed by atoms with Gasteiger partial charge in [-0.3, -0.25) is 4.79 Å². The third kappa shape index (κ3) is 4.62. The standard InChI is InChI=1S/C23H34O5/c1-28-23-13-12-21(25)19(20(23)15-17(23)8-5-9-22(26)27)11-10-18(24)14-16-6-3-2-4-7-16/h8,16,18-21,24-25H,2-7,9,12-15H2,1H3,(H,26,27)/t18-,19+,20+,21+,23-/m1/s1. The Morgan fingerprint density at radius 2 is 2.07 bits per heavy atom. The first-order valence-electron chi connectivity index (χ1n) is 10.8. The van der Waals surface area contributed by atoms with Crippen molar-refractivity contribution >= 4 is 5.97 Å². The third-order valence-electron chi connectivity index (χ3n) is 7.05. The van der Waals surface area contributed by atoms with Crippen molar-refractivity contribution in [3.05, 3.63) is 11.6 Å². The zero-order valence-electron chi connectivity index (χ0n) is 16.9. The van der Waals surface area contributed by atoms with Crippen LogP contribution < -0.4 is 0 Å². The molecule has 0 radical (unpaired) electrons. The summed E-state index contributed by atoms with van der Waals surface area (Å²) in [5.74, 6) is 5.89. The number of aliphatic hydroxyl groups is 2. The molecule has 3 saturated carbocycles. The molecule has 0 saturated heterocycles. The number of allylic oxidation sites excluding steroid dienone is 1. The van der Waals surface area contributed by atoms with Crippen LogP contribution in [0.1, 0.15) is 70.6 Å². The second kappa shape index (κ2) is 9.43. The number of aliphatic hydroxyl groups excluding tert-OH is 2. The van der Waals surface area contributed by atoms with Crippen molar-refractivity contribution in [2.45, 2.75) is 88.4 Å². The Balaban J connectivity index is 1.64. The summed E-state index contributed by atoms with van der Waals surface area (Å²) in [5, 5.41) is 29.8. The first-order chi connectivity index (χ1) is 13.5. The topological polar surface area (TPSA) is 87.0 Å². The van der Waals surface area contributed by atoms with Gasteiger partial charge in [0.15, 0.2) is 0 Å². The summed E-state index contributed by atoms with van der Waals surface area (Å²) in [7, 11) is 1.69. The monoisotopic (exact) mass is 390 g/mol. The molecule has 0 bridgehead atoms. The molecular weight excluding hydrogens is 356 g/mol. The van der Waals surface area contributed by atoms with E-state index in [1.807, 2.05) is 6.08 Å². The minimum Gasteiger partial charge on any atom is -0.481 e. The molecule has 0 heterocycles. The average molecular weight is 391 g/mol. The fraction of sp³-hybridized carbons (Fsp3) is 0.783. The van der Waals surface area contributed by atoms with Crippen LogP contribution in [-0.4, -0.2) is 46.2 Å². The predicted molar refractivity (Wildman–Crippen MR) is 107 cm³/mol. The summed E-state index contributed by atoms with van der Waals surface area (Å²) in [4.78, 5) is 10.8. The second-order valence-corrected chi connectivity index (χ2v) is 8.74. The molecule has 0 aromatic heterocycles. The molecule has 3 aliphatic carbocycles. The Bertz CT molecular complexity index is 639. The number of methoxy groups -OCH3 is 1. The largest absolute Gasteiger partial charge is 0.481 e. The van der Waals surface area contributed by atoms with Crippen molar-refractivity contribution < 1.29 is 24.9 Å². The van der Waals surface area contributed by atoms with Gasteiger partial charge in [-0.25, -0.2) is 0 Å². The van der Waals surface area contributed by atoms with E-state index >= 15 is 0 Å². The van der Waals surface area contributed by atoms with Crippen LogP contribution in [0.25, 0.3) is 0 Å². The van der Waals surface area contributed by atoms with Gasteiger partial charge in [-0.05, 0) is 43.6 Å². The van der Waals surface area contributed by atoms with Gasteiger partial charge in [-0.2, -0.15) is 0 Å². The zero-order chi connectivity index (χ0) is 20.1. The number of carbonyl (C=O) groups is 1. The highest BCUT2D eigenvalue weighted by Crippen LogP contribution is 2.56. The number of ether oxygens (including phenoxy) is 1. The highest BCUT2D eigenvalue weighted by Gasteiger charge is 2.58. The Labute approximate surface area is 168 Å². The van der Waals surface area contributed by atoms with E-state index in [1.165, 1.54) is 32.1 Å². The van der Waals surface area contributed by atoms with Crippen LogP contribution >= 0.6 is 0 Å². The number of fused-ring (bicyclic) bond motifs is 1. The first-order valence-corrected chi connectivity index (χ1v) is 10.8. The van der Waals surface area contributed by atoms with Crippen LogP contribution in [0.15, 0.2) is 11.6 Å². The molecule has 28 heavy (non-hydrogen) atoms. The lowest BCUT2D eigenvalue weighted by atomic mass is 9.53. The van der Waals surface area contributed by atoms with Crippen molar-refractivity contribution in [3.63, 3.8) is 0 Å². The number of carboxylic acids is 1. The van der Waals surface area contributed by atoms with E-state index in [4.69, 9.17) is 9.84 Å². The maximum atomic E-state index is 10.8. The molecule has 156 valence electrons. The Morgan fingerprint density at radius 3 is 2.75 bits per heavy atom. The summed E-state index contributed by atoms with van der Waals surface area (Å²) in [6.45, 7) is 0. The molecule has 5 heteroatoms. The SMILES string of the molecule is CO[C@@]12CC[C@H](O)[C@@H](C#C[C@@H](O)CC3CCCCC3)[C@@H]1CC2=CCCC(=O)O. The molecule has 0 aliphatic heterocycles. The highest BCUT2D eigenvalue weighted by molar-refractivity contribution is 5.66. The molecule has 0 aromatic rings.